The van der Waals surface area contributed by atoms with Gasteiger partial charge in [0, 0.05) is 0 Å². The highest BCUT2D eigenvalue weighted by atomic mass is 16.5. The van der Waals surface area contributed by atoms with Crippen molar-refractivity contribution in [3.05, 3.63) is 24.3 Å². The van der Waals surface area contributed by atoms with Gasteiger partial charge in [-0.3, -0.25) is 4.79 Å². The Kier molecular flexibility index (Phi) is 7.02. The lowest BCUT2D eigenvalue weighted by Crippen LogP contribution is -2.57. The number of benzene rings is 1. The van der Waals surface area contributed by atoms with Crippen LogP contribution < -0.4 is 20.5 Å². The minimum absolute atomic E-state index is 0.162. The van der Waals surface area contributed by atoms with E-state index in [0.29, 0.717) is 24.7 Å². The topological polar surface area (TPSA) is 73.6 Å². The molecule has 0 fully saturated rings. The molecule has 0 heterocycles. The van der Waals surface area contributed by atoms with Gasteiger partial charge in [-0.05, 0) is 38.4 Å². The zero-order chi connectivity index (χ0) is 15.7. The van der Waals surface area contributed by atoms with Gasteiger partial charge in [-0.15, -0.1) is 0 Å². The van der Waals surface area contributed by atoms with Crippen LogP contribution in [0.15, 0.2) is 24.3 Å². The average molecular weight is 294 g/mol. The van der Waals surface area contributed by atoms with Crippen molar-refractivity contribution in [2.24, 2.45) is 5.73 Å². The molecule has 1 aromatic rings. The first-order chi connectivity index (χ1) is 10.0. The number of nitrogens with one attached hydrogen (secondary N) is 1. The van der Waals surface area contributed by atoms with Gasteiger partial charge >= 0.3 is 0 Å². The number of hydrogen-bond donors (Lipinski definition) is 2. The van der Waals surface area contributed by atoms with E-state index in [-0.39, 0.29) is 6.61 Å². The molecule has 5 heteroatoms. The smallest absolute Gasteiger partial charge is 0.240 e. The maximum Gasteiger partial charge on any atom is 0.240 e. The van der Waals surface area contributed by atoms with Crippen molar-refractivity contribution in [3.8, 4) is 11.5 Å². The maximum absolute atomic E-state index is 11.7. The molecular weight excluding hydrogens is 268 g/mol. The summed E-state index contributed by atoms with van der Waals surface area (Å²) in [5, 5.41) is 3.14. The lowest BCUT2D eigenvalue weighted by Gasteiger charge is -2.27. The minimum atomic E-state index is -0.895. The van der Waals surface area contributed by atoms with Crippen molar-refractivity contribution in [3.63, 3.8) is 0 Å². The van der Waals surface area contributed by atoms with Crippen molar-refractivity contribution in [1.29, 1.82) is 0 Å². The fraction of sp³-hybridized carbons (Fsp3) is 0.562. The summed E-state index contributed by atoms with van der Waals surface area (Å²) in [4.78, 5) is 11.7. The Bertz CT molecular complexity index is 451. The number of hydrogen-bond acceptors (Lipinski definition) is 4. The molecule has 0 aliphatic heterocycles. The Morgan fingerprint density at radius 1 is 1.19 bits per heavy atom. The number of para-hydroxylation sites is 2. The SMILES string of the molecule is CCCNC(C)(COc1ccccc1OCCC)C(N)=O. The van der Waals surface area contributed by atoms with Gasteiger partial charge in [0.25, 0.3) is 0 Å². The Labute approximate surface area is 126 Å². The third kappa shape index (κ3) is 5.27. The molecule has 0 spiro atoms. The molecule has 1 unspecified atom stereocenters. The summed E-state index contributed by atoms with van der Waals surface area (Å²) in [5.41, 5.74) is 4.59. The fourth-order valence-corrected chi connectivity index (χ4v) is 1.73. The minimum Gasteiger partial charge on any atom is -0.490 e. The van der Waals surface area contributed by atoms with E-state index in [1.807, 2.05) is 38.1 Å². The molecule has 0 aliphatic rings. The van der Waals surface area contributed by atoms with Crippen molar-refractivity contribution in [2.45, 2.75) is 39.2 Å². The van der Waals surface area contributed by atoms with Gasteiger partial charge in [-0.25, -0.2) is 0 Å². The third-order valence-electron chi connectivity index (χ3n) is 3.14. The van der Waals surface area contributed by atoms with Crippen LogP contribution in [0.2, 0.25) is 0 Å². The van der Waals surface area contributed by atoms with Gasteiger partial charge in [0.1, 0.15) is 12.1 Å². The lowest BCUT2D eigenvalue weighted by molar-refractivity contribution is -0.125. The molecule has 0 bridgehead atoms. The van der Waals surface area contributed by atoms with Gasteiger partial charge < -0.3 is 20.5 Å². The molecule has 5 nitrogen and oxygen atoms in total. The number of primary amides is 1. The number of rotatable bonds is 10. The van der Waals surface area contributed by atoms with Crippen molar-refractivity contribution in [1.82, 2.24) is 5.32 Å². The summed E-state index contributed by atoms with van der Waals surface area (Å²) in [6.45, 7) is 7.32. The number of nitrogens with two attached hydrogens (primary N) is 1. The van der Waals surface area contributed by atoms with Crippen LogP contribution in [-0.4, -0.2) is 31.2 Å². The number of ether oxygens (including phenoxy) is 2. The standard InChI is InChI=1S/C16H26N2O3/c1-4-10-18-16(3,15(17)19)12-21-14-9-7-6-8-13(14)20-11-5-2/h6-9,18H,4-5,10-12H2,1-3H3,(H2,17,19). The zero-order valence-corrected chi connectivity index (χ0v) is 13.1. The molecule has 0 saturated heterocycles. The summed E-state index contributed by atoms with van der Waals surface area (Å²) in [5.74, 6) is 0.876. The van der Waals surface area contributed by atoms with E-state index in [2.05, 4.69) is 5.32 Å². The predicted octanol–water partition coefficient (Wildman–Crippen LogP) is 2.10. The quantitative estimate of drug-likeness (QED) is 0.693. The average Bonchev–Trinajstić information content (AvgIpc) is 2.49. The van der Waals surface area contributed by atoms with Crippen LogP contribution in [0.3, 0.4) is 0 Å². The van der Waals surface area contributed by atoms with Crippen LogP contribution in [0.1, 0.15) is 33.6 Å². The van der Waals surface area contributed by atoms with Gasteiger partial charge in [-0.2, -0.15) is 0 Å². The Morgan fingerprint density at radius 3 is 2.33 bits per heavy atom. The molecule has 21 heavy (non-hydrogen) atoms. The van der Waals surface area contributed by atoms with E-state index in [1.165, 1.54) is 0 Å². The highest BCUT2D eigenvalue weighted by Crippen LogP contribution is 2.27. The first-order valence-electron chi connectivity index (χ1n) is 7.43. The lowest BCUT2D eigenvalue weighted by atomic mass is 10.0. The summed E-state index contributed by atoms with van der Waals surface area (Å²) in [6, 6.07) is 7.44. The number of carbonyl (C=O) groups excluding carboxylic acids is 1. The molecule has 1 aromatic carbocycles. The second kappa shape index (κ2) is 8.52. The molecule has 0 aliphatic carbocycles. The molecule has 1 atom stereocenters. The van der Waals surface area contributed by atoms with Crippen LogP contribution >= 0.6 is 0 Å². The van der Waals surface area contributed by atoms with Crippen molar-refractivity contribution < 1.29 is 14.3 Å². The molecular formula is C16H26N2O3. The summed E-state index contributed by atoms with van der Waals surface area (Å²) in [6.07, 6.45) is 1.84. The fourth-order valence-electron chi connectivity index (χ4n) is 1.73. The molecule has 0 saturated carbocycles. The largest absolute Gasteiger partial charge is 0.490 e. The van der Waals surface area contributed by atoms with Crippen LogP contribution in [0.5, 0.6) is 11.5 Å². The molecule has 0 aromatic heterocycles. The van der Waals surface area contributed by atoms with Gasteiger partial charge in [0.2, 0.25) is 5.91 Å². The summed E-state index contributed by atoms with van der Waals surface area (Å²) < 4.78 is 11.4. The van der Waals surface area contributed by atoms with Crippen LogP contribution in [-0.2, 0) is 4.79 Å². The van der Waals surface area contributed by atoms with Gasteiger partial charge in [0.15, 0.2) is 11.5 Å². The van der Waals surface area contributed by atoms with Crippen molar-refractivity contribution >= 4 is 5.91 Å². The second-order valence-corrected chi connectivity index (χ2v) is 5.21. The number of amides is 1. The van der Waals surface area contributed by atoms with E-state index in [9.17, 15) is 4.79 Å². The molecule has 1 rings (SSSR count). The van der Waals surface area contributed by atoms with Crippen LogP contribution in [0, 0.1) is 0 Å². The van der Waals surface area contributed by atoms with E-state index >= 15 is 0 Å². The summed E-state index contributed by atoms with van der Waals surface area (Å²) in [7, 11) is 0. The van der Waals surface area contributed by atoms with E-state index < -0.39 is 11.4 Å². The van der Waals surface area contributed by atoms with Gasteiger partial charge in [-0.1, -0.05) is 26.0 Å². The first kappa shape index (κ1) is 17.3. The highest BCUT2D eigenvalue weighted by Gasteiger charge is 2.31. The molecule has 0 radical (unpaired) electrons. The maximum atomic E-state index is 11.7. The predicted molar refractivity (Wildman–Crippen MR) is 83.6 cm³/mol. The van der Waals surface area contributed by atoms with E-state index in [0.717, 1.165) is 12.8 Å². The normalized spacial score (nSPS) is 13.5. The molecule has 3 N–H and O–H groups in total. The van der Waals surface area contributed by atoms with Crippen LogP contribution in [0.4, 0.5) is 0 Å². The van der Waals surface area contributed by atoms with Crippen molar-refractivity contribution in [2.75, 3.05) is 19.8 Å². The molecule has 118 valence electrons. The molecule has 1 amide bonds. The van der Waals surface area contributed by atoms with E-state index in [4.69, 9.17) is 15.2 Å². The zero-order valence-electron chi connectivity index (χ0n) is 13.1. The Morgan fingerprint density at radius 2 is 1.81 bits per heavy atom. The third-order valence-corrected chi connectivity index (χ3v) is 3.14. The number of carbonyl (C=O) groups is 1. The monoisotopic (exact) mass is 294 g/mol. The highest BCUT2D eigenvalue weighted by molar-refractivity contribution is 5.84. The van der Waals surface area contributed by atoms with Gasteiger partial charge in [0.05, 0.1) is 6.61 Å². The summed E-state index contributed by atoms with van der Waals surface area (Å²) >= 11 is 0. The second-order valence-electron chi connectivity index (χ2n) is 5.21. The van der Waals surface area contributed by atoms with E-state index in [1.54, 1.807) is 6.92 Å². The first-order valence-corrected chi connectivity index (χ1v) is 7.43. The Hall–Kier alpha value is -1.75. The Balaban J connectivity index is 2.73. The van der Waals surface area contributed by atoms with Crippen LogP contribution in [0.25, 0.3) is 0 Å².